The SMILES string of the molecule is O=c1cc(CC2CC2)cc2nc[nH]n12. The molecule has 0 spiro atoms. The Morgan fingerprint density at radius 3 is 3.14 bits per heavy atom. The molecule has 1 N–H and O–H groups in total. The minimum Gasteiger partial charge on any atom is -0.279 e. The number of hydrogen-bond donors (Lipinski definition) is 1. The molecule has 0 amide bonds. The van der Waals surface area contributed by atoms with Crippen LogP contribution in [0.25, 0.3) is 5.65 Å². The molecule has 0 unspecified atom stereocenters. The highest BCUT2D eigenvalue weighted by atomic mass is 16.1. The highest BCUT2D eigenvalue weighted by Gasteiger charge is 2.21. The van der Waals surface area contributed by atoms with Gasteiger partial charge in [0.2, 0.25) is 0 Å². The maximum Gasteiger partial charge on any atom is 0.271 e. The van der Waals surface area contributed by atoms with Crippen molar-refractivity contribution in [1.82, 2.24) is 14.6 Å². The fourth-order valence-electron chi connectivity index (χ4n) is 1.76. The number of rotatable bonds is 2. The second-order valence-corrected chi connectivity index (χ2v) is 3.93. The lowest BCUT2D eigenvalue weighted by molar-refractivity contribution is 0.821. The summed E-state index contributed by atoms with van der Waals surface area (Å²) in [5, 5.41) is 2.78. The third kappa shape index (κ3) is 1.23. The van der Waals surface area contributed by atoms with Gasteiger partial charge in [0, 0.05) is 6.07 Å². The molecule has 1 aliphatic rings. The van der Waals surface area contributed by atoms with Crippen LogP contribution in [0.3, 0.4) is 0 Å². The third-order valence-electron chi connectivity index (χ3n) is 2.68. The van der Waals surface area contributed by atoms with Crippen molar-refractivity contribution in [2.24, 2.45) is 5.92 Å². The molecule has 14 heavy (non-hydrogen) atoms. The van der Waals surface area contributed by atoms with Crippen LogP contribution >= 0.6 is 0 Å². The Hall–Kier alpha value is -1.58. The molecule has 4 heteroatoms. The number of nitrogens with one attached hydrogen (secondary N) is 1. The molecule has 0 atom stereocenters. The van der Waals surface area contributed by atoms with Gasteiger partial charge in [-0.3, -0.25) is 9.89 Å². The molecule has 1 fully saturated rings. The Bertz CT molecular complexity index is 521. The second kappa shape index (κ2) is 2.70. The van der Waals surface area contributed by atoms with Crippen molar-refractivity contribution in [3.63, 3.8) is 0 Å². The standard InChI is InChI=1S/C10H11N3O/c14-10-5-8(3-7-1-2-7)4-9-11-6-12-13(9)10/h4-7H,1-3H2,(H,11,12). The van der Waals surface area contributed by atoms with Gasteiger partial charge in [-0.2, -0.15) is 0 Å². The first kappa shape index (κ1) is 7.79. The molecule has 2 heterocycles. The van der Waals surface area contributed by atoms with Crippen LogP contribution in [0.15, 0.2) is 23.3 Å². The normalized spacial score (nSPS) is 16.3. The summed E-state index contributed by atoms with van der Waals surface area (Å²) in [5.41, 5.74) is 1.81. The van der Waals surface area contributed by atoms with E-state index >= 15 is 0 Å². The maximum atomic E-state index is 11.6. The molecule has 1 aliphatic carbocycles. The van der Waals surface area contributed by atoms with Crippen LogP contribution in [0.4, 0.5) is 0 Å². The van der Waals surface area contributed by atoms with Crippen molar-refractivity contribution in [2.75, 3.05) is 0 Å². The van der Waals surface area contributed by atoms with Crippen LogP contribution in [-0.4, -0.2) is 14.6 Å². The van der Waals surface area contributed by atoms with Gasteiger partial charge >= 0.3 is 0 Å². The Balaban J connectivity index is 2.11. The van der Waals surface area contributed by atoms with Gasteiger partial charge in [-0.15, -0.1) is 0 Å². The molecule has 4 nitrogen and oxygen atoms in total. The summed E-state index contributed by atoms with van der Waals surface area (Å²) < 4.78 is 1.45. The van der Waals surface area contributed by atoms with Gasteiger partial charge in [0.05, 0.1) is 0 Å². The van der Waals surface area contributed by atoms with Gasteiger partial charge in [0.25, 0.3) is 5.56 Å². The van der Waals surface area contributed by atoms with E-state index in [4.69, 9.17) is 0 Å². The molecule has 3 rings (SSSR count). The predicted molar refractivity (Wildman–Crippen MR) is 52.2 cm³/mol. The average molecular weight is 189 g/mol. The van der Waals surface area contributed by atoms with Crippen molar-refractivity contribution in [3.05, 3.63) is 34.4 Å². The molecule has 0 radical (unpaired) electrons. The van der Waals surface area contributed by atoms with Crippen LogP contribution in [0.5, 0.6) is 0 Å². The van der Waals surface area contributed by atoms with E-state index in [1.54, 1.807) is 6.07 Å². The smallest absolute Gasteiger partial charge is 0.271 e. The van der Waals surface area contributed by atoms with Gasteiger partial charge in [-0.25, -0.2) is 9.50 Å². The Morgan fingerprint density at radius 1 is 1.50 bits per heavy atom. The fraction of sp³-hybridized carbons (Fsp3) is 0.400. The average Bonchev–Trinajstić information content (AvgIpc) is 2.82. The highest BCUT2D eigenvalue weighted by molar-refractivity contribution is 5.39. The van der Waals surface area contributed by atoms with E-state index in [0.29, 0.717) is 5.65 Å². The zero-order chi connectivity index (χ0) is 9.54. The van der Waals surface area contributed by atoms with E-state index in [0.717, 1.165) is 17.9 Å². The Labute approximate surface area is 80.6 Å². The predicted octanol–water partition coefficient (Wildman–Crippen LogP) is 0.975. The summed E-state index contributed by atoms with van der Waals surface area (Å²) in [4.78, 5) is 15.6. The zero-order valence-electron chi connectivity index (χ0n) is 7.73. The maximum absolute atomic E-state index is 11.6. The molecular weight excluding hydrogens is 178 g/mol. The first-order valence-electron chi connectivity index (χ1n) is 4.88. The summed E-state index contributed by atoms with van der Waals surface area (Å²) in [7, 11) is 0. The monoisotopic (exact) mass is 189 g/mol. The van der Waals surface area contributed by atoms with Crippen LogP contribution < -0.4 is 5.56 Å². The third-order valence-corrected chi connectivity index (χ3v) is 2.68. The number of H-pyrrole nitrogens is 1. The molecule has 1 saturated carbocycles. The summed E-state index contributed by atoms with van der Waals surface area (Å²) >= 11 is 0. The molecule has 0 bridgehead atoms. The first-order valence-corrected chi connectivity index (χ1v) is 4.88. The topological polar surface area (TPSA) is 50.2 Å². The van der Waals surface area contributed by atoms with Gasteiger partial charge in [-0.05, 0) is 36.8 Å². The number of fused-ring (bicyclic) bond motifs is 1. The zero-order valence-corrected chi connectivity index (χ0v) is 7.73. The van der Waals surface area contributed by atoms with Gasteiger partial charge in [0.1, 0.15) is 6.33 Å². The number of aromatic nitrogens is 3. The summed E-state index contributed by atoms with van der Waals surface area (Å²) in [6.07, 6.45) is 5.18. The summed E-state index contributed by atoms with van der Waals surface area (Å²) in [6.45, 7) is 0. The Morgan fingerprint density at radius 2 is 2.36 bits per heavy atom. The molecule has 72 valence electrons. The van der Waals surface area contributed by atoms with Crippen LogP contribution in [0.2, 0.25) is 0 Å². The number of pyridine rings is 1. The van der Waals surface area contributed by atoms with Crippen molar-refractivity contribution >= 4 is 5.65 Å². The van der Waals surface area contributed by atoms with E-state index in [1.165, 1.54) is 23.7 Å². The fourth-order valence-corrected chi connectivity index (χ4v) is 1.76. The van der Waals surface area contributed by atoms with E-state index in [2.05, 4.69) is 10.1 Å². The van der Waals surface area contributed by atoms with E-state index < -0.39 is 0 Å². The summed E-state index contributed by atoms with van der Waals surface area (Å²) in [5.74, 6) is 0.802. The minimum absolute atomic E-state index is 0.0179. The van der Waals surface area contributed by atoms with Crippen molar-refractivity contribution < 1.29 is 0 Å². The van der Waals surface area contributed by atoms with E-state index in [-0.39, 0.29) is 5.56 Å². The molecule has 0 saturated heterocycles. The van der Waals surface area contributed by atoms with E-state index in [9.17, 15) is 4.79 Å². The van der Waals surface area contributed by atoms with Crippen LogP contribution in [-0.2, 0) is 6.42 Å². The lowest BCUT2D eigenvalue weighted by atomic mass is 10.1. The highest BCUT2D eigenvalue weighted by Crippen LogP contribution is 2.32. The molecule has 0 aromatic carbocycles. The van der Waals surface area contributed by atoms with Crippen LogP contribution in [0.1, 0.15) is 18.4 Å². The lowest BCUT2D eigenvalue weighted by Gasteiger charge is -1.98. The summed E-state index contributed by atoms with van der Waals surface area (Å²) in [6, 6.07) is 3.68. The van der Waals surface area contributed by atoms with Gasteiger partial charge in [0.15, 0.2) is 5.65 Å². The largest absolute Gasteiger partial charge is 0.279 e. The number of nitrogens with zero attached hydrogens (tertiary/aromatic N) is 2. The quantitative estimate of drug-likeness (QED) is 0.765. The van der Waals surface area contributed by atoms with Gasteiger partial charge in [-0.1, -0.05) is 0 Å². The number of hydrogen-bond acceptors (Lipinski definition) is 2. The van der Waals surface area contributed by atoms with Crippen molar-refractivity contribution in [2.45, 2.75) is 19.3 Å². The minimum atomic E-state index is -0.0179. The van der Waals surface area contributed by atoms with Crippen molar-refractivity contribution in [1.29, 1.82) is 0 Å². The van der Waals surface area contributed by atoms with Crippen LogP contribution in [0, 0.1) is 5.92 Å². The lowest BCUT2D eigenvalue weighted by Crippen LogP contribution is -2.13. The molecular formula is C10H11N3O. The first-order chi connectivity index (χ1) is 6.83. The van der Waals surface area contributed by atoms with E-state index in [1.807, 2.05) is 6.07 Å². The molecule has 0 aliphatic heterocycles. The van der Waals surface area contributed by atoms with Gasteiger partial charge < -0.3 is 0 Å². The molecule has 2 aromatic rings. The molecule has 2 aromatic heterocycles. The number of aromatic amines is 1. The van der Waals surface area contributed by atoms with Crippen molar-refractivity contribution in [3.8, 4) is 0 Å². The Kier molecular flexibility index (Phi) is 1.50. The second-order valence-electron chi connectivity index (χ2n) is 3.93.